The van der Waals surface area contributed by atoms with Crippen LogP contribution in [-0.2, 0) is 0 Å². The first-order chi connectivity index (χ1) is 9.27. The average molecular weight is 261 g/mol. The molecule has 5 nitrogen and oxygen atoms in total. The number of carbonyl (C=O) groups is 1. The summed E-state index contributed by atoms with van der Waals surface area (Å²) >= 11 is 0. The Kier molecular flexibility index (Phi) is 3.36. The normalized spacial score (nSPS) is 24.0. The predicted molar refractivity (Wildman–Crippen MR) is 71.3 cm³/mol. The van der Waals surface area contributed by atoms with Crippen LogP contribution in [0.3, 0.4) is 0 Å². The Balaban J connectivity index is 1.90. The Labute approximate surface area is 112 Å². The van der Waals surface area contributed by atoms with Crippen LogP contribution in [0, 0.1) is 5.92 Å². The molecule has 5 heteroatoms. The molecule has 0 spiro atoms. The van der Waals surface area contributed by atoms with Crippen LogP contribution in [0.4, 0.5) is 5.82 Å². The molecule has 0 radical (unpaired) electrons. The van der Waals surface area contributed by atoms with Crippen LogP contribution < -0.4 is 4.90 Å². The summed E-state index contributed by atoms with van der Waals surface area (Å²) in [4.78, 5) is 13.5. The van der Waals surface area contributed by atoms with Gasteiger partial charge in [0.15, 0.2) is 5.82 Å². The van der Waals surface area contributed by atoms with E-state index in [1.165, 1.54) is 31.9 Å². The van der Waals surface area contributed by atoms with Gasteiger partial charge in [-0.1, -0.05) is 12.8 Å². The van der Waals surface area contributed by atoms with Gasteiger partial charge < -0.3 is 10.0 Å². The number of nitrogens with zero attached hydrogens (tertiary/aromatic N) is 3. The van der Waals surface area contributed by atoms with Crippen molar-refractivity contribution in [3.05, 3.63) is 17.8 Å². The smallest absolute Gasteiger partial charge is 0.339 e. The number of rotatable bonds is 3. The van der Waals surface area contributed by atoms with E-state index in [4.69, 9.17) is 0 Å². The summed E-state index contributed by atoms with van der Waals surface area (Å²) in [6, 6.07) is 2.01. The summed E-state index contributed by atoms with van der Waals surface area (Å²) in [5.41, 5.74) is 0.278. The fraction of sp³-hybridized carbons (Fsp3) is 0.643. The lowest BCUT2D eigenvalue weighted by molar-refractivity contribution is 0.0697. The van der Waals surface area contributed by atoms with Crippen molar-refractivity contribution in [3.8, 4) is 0 Å². The van der Waals surface area contributed by atoms with E-state index in [-0.39, 0.29) is 5.56 Å². The van der Waals surface area contributed by atoms with Gasteiger partial charge in [-0.2, -0.15) is 5.10 Å². The van der Waals surface area contributed by atoms with Gasteiger partial charge in [0.2, 0.25) is 0 Å². The quantitative estimate of drug-likeness (QED) is 0.904. The molecule has 0 bridgehead atoms. The second-order valence-electron chi connectivity index (χ2n) is 5.52. The summed E-state index contributed by atoms with van der Waals surface area (Å²) in [5, 5.41) is 17.3. The number of hydrogen-bond acceptors (Lipinski definition) is 4. The zero-order chi connectivity index (χ0) is 13.2. The molecule has 0 amide bonds. The van der Waals surface area contributed by atoms with Crippen molar-refractivity contribution in [2.24, 2.45) is 5.92 Å². The Bertz CT molecular complexity index is 472. The number of carboxylic acids is 1. The number of aromatic nitrogens is 2. The van der Waals surface area contributed by atoms with Gasteiger partial charge in [0, 0.05) is 12.6 Å². The van der Waals surface area contributed by atoms with E-state index >= 15 is 0 Å². The summed E-state index contributed by atoms with van der Waals surface area (Å²) in [6.45, 7) is 0.903. The van der Waals surface area contributed by atoms with Crippen molar-refractivity contribution in [1.29, 1.82) is 0 Å². The van der Waals surface area contributed by atoms with Crippen LogP contribution in [0.15, 0.2) is 12.3 Å². The monoisotopic (exact) mass is 261 g/mol. The van der Waals surface area contributed by atoms with E-state index in [1.54, 1.807) is 6.07 Å². The molecule has 2 heterocycles. The van der Waals surface area contributed by atoms with Gasteiger partial charge in [0.05, 0.1) is 6.20 Å². The molecule has 102 valence electrons. The molecule has 19 heavy (non-hydrogen) atoms. The highest BCUT2D eigenvalue weighted by Crippen LogP contribution is 2.37. The van der Waals surface area contributed by atoms with Crippen LogP contribution in [-0.4, -0.2) is 33.9 Å². The standard InChI is InChI=1S/C14H19N3O2/c18-14(19)11-7-8-15-16-13(11)17-9-3-6-12(17)10-4-1-2-5-10/h7-8,10,12H,1-6,9H2,(H,18,19). The topological polar surface area (TPSA) is 66.3 Å². The van der Waals surface area contributed by atoms with Crippen LogP contribution in [0.2, 0.25) is 0 Å². The van der Waals surface area contributed by atoms with Crippen LogP contribution in [0.25, 0.3) is 0 Å². The molecular formula is C14H19N3O2. The van der Waals surface area contributed by atoms with Gasteiger partial charge in [-0.25, -0.2) is 4.79 Å². The molecule has 1 aliphatic heterocycles. The molecule has 2 fully saturated rings. The lowest BCUT2D eigenvalue weighted by Crippen LogP contribution is -2.36. The number of carboxylic acid groups (broad SMARTS) is 1. The first kappa shape index (κ1) is 12.4. The Morgan fingerprint density at radius 1 is 1.26 bits per heavy atom. The van der Waals surface area contributed by atoms with Gasteiger partial charge >= 0.3 is 5.97 Å². The lowest BCUT2D eigenvalue weighted by atomic mass is 9.96. The minimum Gasteiger partial charge on any atom is -0.478 e. The van der Waals surface area contributed by atoms with E-state index in [2.05, 4.69) is 15.1 Å². The van der Waals surface area contributed by atoms with Gasteiger partial charge in [-0.3, -0.25) is 0 Å². The average Bonchev–Trinajstić information content (AvgIpc) is 3.09. The fourth-order valence-electron chi connectivity index (χ4n) is 3.59. The van der Waals surface area contributed by atoms with Gasteiger partial charge in [0.25, 0.3) is 0 Å². The van der Waals surface area contributed by atoms with Gasteiger partial charge in [0.1, 0.15) is 5.56 Å². The SMILES string of the molecule is O=C(O)c1ccnnc1N1CCCC1C1CCCC1. The van der Waals surface area contributed by atoms with Crippen LogP contribution in [0.5, 0.6) is 0 Å². The first-order valence-corrected chi connectivity index (χ1v) is 7.09. The van der Waals surface area contributed by atoms with Crippen molar-refractivity contribution in [2.75, 3.05) is 11.4 Å². The first-order valence-electron chi connectivity index (χ1n) is 7.09. The van der Waals surface area contributed by atoms with E-state index in [1.807, 2.05) is 0 Å². The molecule has 1 aromatic rings. The maximum Gasteiger partial charge on any atom is 0.339 e. The maximum absolute atomic E-state index is 11.3. The summed E-state index contributed by atoms with van der Waals surface area (Å²) in [5.74, 6) is 0.345. The van der Waals surface area contributed by atoms with E-state index < -0.39 is 5.97 Å². The van der Waals surface area contributed by atoms with Crippen LogP contribution >= 0.6 is 0 Å². The molecule has 0 aromatic carbocycles. The van der Waals surface area contributed by atoms with Crippen molar-refractivity contribution in [2.45, 2.75) is 44.6 Å². The molecule has 3 rings (SSSR count). The molecule has 1 saturated carbocycles. The summed E-state index contributed by atoms with van der Waals surface area (Å²) < 4.78 is 0. The number of anilines is 1. The maximum atomic E-state index is 11.3. The highest BCUT2D eigenvalue weighted by molar-refractivity contribution is 5.93. The third-order valence-electron chi connectivity index (χ3n) is 4.45. The molecule has 1 aromatic heterocycles. The third-order valence-corrected chi connectivity index (χ3v) is 4.45. The van der Waals surface area contributed by atoms with Crippen molar-refractivity contribution in [3.63, 3.8) is 0 Å². The number of aromatic carboxylic acids is 1. The van der Waals surface area contributed by atoms with E-state index in [9.17, 15) is 9.90 Å². The van der Waals surface area contributed by atoms with Crippen molar-refractivity contribution < 1.29 is 9.90 Å². The molecule has 2 aliphatic rings. The van der Waals surface area contributed by atoms with E-state index in [0.29, 0.717) is 17.8 Å². The molecule has 1 unspecified atom stereocenters. The Morgan fingerprint density at radius 3 is 2.79 bits per heavy atom. The molecule has 1 saturated heterocycles. The van der Waals surface area contributed by atoms with Crippen molar-refractivity contribution in [1.82, 2.24) is 10.2 Å². The predicted octanol–water partition coefficient (Wildman–Crippen LogP) is 2.33. The van der Waals surface area contributed by atoms with Gasteiger partial charge in [-0.05, 0) is 37.7 Å². The Morgan fingerprint density at radius 2 is 2.05 bits per heavy atom. The molecular weight excluding hydrogens is 242 g/mol. The fourth-order valence-corrected chi connectivity index (χ4v) is 3.59. The second kappa shape index (κ2) is 5.15. The zero-order valence-corrected chi connectivity index (χ0v) is 11.0. The van der Waals surface area contributed by atoms with Gasteiger partial charge in [-0.15, -0.1) is 5.10 Å². The van der Waals surface area contributed by atoms with Crippen LogP contribution in [0.1, 0.15) is 48.9 Å². The zero-order valence-electron chi connectivity index (χ0n) is 11.0. The largest absolute Gasteiger partial charge is 0.478 e. The Hall–Kier alpha value is -1.65. The van der Waals surface area contributed by atoms with E-state index in [0.717, 1.165) is 19.4 Å². The molecule has 1 aliphatic carbocycles. The highest BCUT2D eigenvalue weighted by atomic mass is 16.4. The molecule has 1 N–H and O–H groups in total. The number of hydrogen-bond donors (Lipinski definition) is 1. The minimum absolute atomic E-state index is 0.278. The summed E-state index contributed by atoms with van der Waals surface area (Å²) in [7, 11) is 0. The summed E-state index contributed by atoms with van der Waals surface area (Å²) in [6.07, 6.45) is 8.88. The van der Waals surface area contributed by atoms with Crippen molar-refractivity contribution >= 4 is 11.8 Å². The molecule has 1 atom stereocenters. The lowest BCUT2D eigenvalue weighted by Gasteiger charge is -2.30. The highest BCUT2D eigenvalue weighted by Gasteiger charge is 2.35. The second-order valence-corrected chi connectivity index (χ2v) is 5.52. The minimum atomic E-state index is -0.915. The third kappa shape index (κ3) is 2.29.